The molecular weight excluding hydrogens is 413 g/mol. The molecule has 1 heterocycles. The number of aryl methyl sites for hydroxylation is 1. The van der Waals surface area contributed by atoms with Crippen LogP contribution in [0.5, 0.6) is 0 Å². The number of amides is 1. The van der Waals surface area contributed by atoms with E-state index >= 15 is 0 Å². The van der Waals surface area contributed by atoms with E-state index in [0.29, 0.717) is 12.5 Å². The van der Waals surface area contributed by atoms with E-state index in [9.17, 15) is 4.79 Å². The first-order chi connectivity index (χ1) is 10.2. The fourth-order valence-electron chi connectivity index (χ4n) is 1.62. The van der Waals surface area contributed by atoms with E-state index in [1.54, 1.807) is 11.3 Å². The van der Waals surface area contributed by atoms with Crippen molar-refractivity contribution in [1.29, 1.82) is 0 Å². The highest BCUT2D eigenvalue weighted by molar-refractivity contribution is 14.0. The molecule has 0 aliphatic heterocycles. The second kappa shape index (κ2) is 12.6. The second-order valence-corrected chi connectivity index (χ2v) is 5.91. The Hall–Kier alpha value is -0.900. The lowest BCUT2D eigenvalue weighted by molar-refractivity contribution is -0.119. The number of nitrogens with one attached hydrogen (secondary N) is 3. The standard InChI is InChI=1S/C14H25N5OS.HI/c1-4-7-16-12(20)10-19-14(15-5-2)17-8-6-13-18-9-11(3)21-13;/h9H,4-8,10H2,1-3H3,(H,16,20)(H2,15,17,19);1H. The maximum atomic E-state index is 11.5. The van der Waals surface area contributed by atoms with Crippen LogP contribution >= 0.6 is 35.3 Å². The van der Waals surface area contributed by atoms with Crippen LogP contribution in [0, 0.1) is 6.92 Å². The molecule has 126 valence electrons. The van der Waals surface area contributed by atoms with Crippen LogP contribution in [0.1, 0.15) is 30.2 Å². The third-order valence-corrected chi connectivity index (χ3v) is 3.57. The number of aliphatic imine (C=N–C) groups is 1. The van der Waals surface area contributed by atoms with E-state index in [1.807, 2.05) is 20.0 Å². The highest BCUT2D eigenvalue weighted by atomic mass is 127. The summed E-state index contributed by atoms with van der Waals surface area (Å²) in [4.78, 5) is 21.3. The fraction of sp³-hybridized carbons (Fsp3) is 0.643. The van der Waals surface area contributed by atoms with Crippen molar-refractivity contribution in [2.24, 2.45) is 4.99 Å². The Bertz CT molecular complexity index is 464. The van der Waals surface area contributed by atoms with E-state index in [2.05, 4.69) is 32.9 Å². The molecule has 0 saturated carbocycles. The Morgan fingerprint density at radius 1 is 1.27 bits per heavy atom. The molecular formula is C14H26IN5OS. The van der Waals surface area contributed by atoms with E-state index < -0.39 is 0 Å². The first-order valence-electron chi connectivity index (χ1n) is 7.35. The summed E-state index contributed by atoms with van der Waals surface area (Å²) >= 11 is 1.70. The minimum atomic E-state index is -0.0513. The first-order valence-corrected chi connectivity index (χ1v) is 8.17. The molecule has 1 rings (SSSR count). The van der Waals surface area contributed by atoms with Crippen LogP contribution in [0.25, 0.3) is 0 Å². The molecule has 1 aromatic heterocycles. The molecule has 0 aliphatic carbocycles. The summed E-state index contributed by atoms with van der Waals surface area (Å²) in [5.74, 6) is 0.613. The molecule has 22 heavy (non-hydrogen) atoms. The fourth-order valence-corrected chi connectivity index (χ4v) is 2.40. The monoisotopic (exact) mass is 439 g/mol. The van der Waals surface area contributed by atoms with Crippen LogP contribution in [-0.4, -0.2) is 43.0 Å². The summed E-state index contributed by atoms with van der Waals surface area (Å²) < 4.78 is 0. The number of guanidine groups is 1. The number of carbonyl (C=O) groups excluding carboxylic acids is 1. The molecule has 8 heteroatoms. The third kappa shape index (κ3) is 9.19. The molecule has 0 radical (unpaired) electrons. The Balaban J connectivity index is 0.00000441. The van der Waals surface area contributed by atoms with Crippen molar-refractivity contribution in [3.05, 3.63) is 16.1 Å². The molecule has 0 aromatic carbocycles. The Morgan fingerprint density at radius 2 is 2.05 bits per heavy atom. The van der Waals surface area contributed by atoms with Crippen LogP contribution in [-0.2, 0) is 11.2 Å². The van der Waals surface area contributed by atoms with Gasteiger partial charge in [0, 0.05) is 37.1 Å². The van der Waals surface area contributed by atoms with E-state index in [1.165, 1.54) is 4.88 Å². The average molecular weight is 439 g/mol. The minimum absolute atomic E-state index is 0. The van der Waals surface area contributed by atoms with Gasteiger partial charge in [0.15, 0.2) is 5.96 Å². The van der Waals surface area contributed by atoms with Crippen molar-refractivity contribution in [2.45, 2.75) is 33.6 Å². The number of rotatable bonds is 8. The van der Waals surface area contributed by atoms with E-state index in [0.717, 1.165) is 30.9 Å². The summed E-state index contributed by atoms with van der Waals surface area (Å²) in [6, 6.07) is 0. The molecule has 0 unspecified atom stereocenters. The maximum Gasteiger partial charge on any atom is 0.241 e. The quantitative estimate of drug-likeness (QED) is 0.327. The lowest BCUT2D eigenvalue weighted by atomic mass is 10.4. The van der Waals surface area contributed by atoms with Crippen molar-refractivity contribution < 1.29 is 4.79 Å². The number of carbonyl (C=O) groups is 1. The van der Waals surface area contributed by atoms with Crippen LogP contribution in [0.4, 0.5) is 0 Å². The SMILES string of the molecule is CCCNC(=O)CN=C(NCC)NCCc1ncc(C)s1.I. The zero-order valence-electron chi connectivity index (χ0n) is 13.4. The van der Waals surface area contributed by atoms with Crippen molar-refractivity contribution in [3.8, 4) is 0 Å². The summed E-state index contributed by atoms with van der Waals surface area (Å²) in [5.41, 5.74) is 0. The smallest absolute Gasteiger partial charge is 0.241 e. The van der Waals surface area contributed by atoms with Gasteiger partial charge in [-0.2, -0.15) is 0 Å². The Morgan fingerprint density at radius 3 is 2.64 bits per heavy atom. The molecule has 0 bridgehead atoms. The highest BCUT2D eigenvalue weighted by Crippen LogP contribution is 2.10. The number of thiazole rings is 1. The summed E-state index contributed by atoms with van der Waals surface area (Å²) in [6.45, 7) is 8.42. The average Bonchev–Trinajstić information content (AvgIpc) is 2.88. The van der Waals surface area contributed by atoms with Crippen molar-refractivity contribution in [3.63, 3.8) is 0 Å². The van der Waals surface area contributed by atoms with Gasteiger partial charge in [-0.15, -0.1) is 35.3 Å². The predicted octanol–water partition coefficient (Wildman–Crippen LogP) is 1.69. The minimum Gasteiger partial charge on any atom is -0.357 e. The number of hydrogen-bond donors (Lipinski definition) is 3. The lowest BCUT2D eigenvalue weighted by Gasteiger charge is -2.10. The number of hydrogen-bond acceptors (Lipinski definition) is 4. The Labute approximate surface area is 153 Å². The molecule has 0 spiro atoms. The lowest BCUT2D eigenvalue weighted by Crippen LogP contribution is -2.39. The van der Waals surface area contributed by atoms with Gasteiger partial charge in [-0.1, -0.05) is 6.92 Å². The van der Waals surface area contributed by atoms with Gasteiger partial charge in [0.25, 0.3) is 0 Å². The number of aromatic nitrogens is 1. The van der Waals surface area contributed by atoms with Crippen LogP contribution in [0.2, 0.25) is 0 Å². The summed E-state index contributed by atoms with van der Waals surface area (Å²) in [5, 5.41) is 10.3. The molecule has 1 aromatic rings. The van der Waals surface area contributed by atoms with Gasteiger partial charge in [-0.25, -0.2) is 9.98 Å². The van der Waals surface area contributed by atoms with E-state index in [4.69, 9.17) is 0 Å². The van der Waals surface area contributed by atoms with Crippen molar-refractivity contribution in [2.75, 3.05) is 26.2 Å². The molecule has 6 nitrogen and oxygen atoms in total. The predicted molar refractivity (Wildman–Crippen MR) is 103 cm³/mol. The van der Waals surface area contributed by atoms with Gasteiger partial charge in [0.2, 0.25) is 5.91 Å². The van der Waals surface area contributed by atoms with Gasteiger partial charge >= 0.3 is 0 Å². The van der Waals surface area contributed by atoms with Gasteiger partial charge in [0.05, 0.1) is 5.01 Å². The second-order valence-electron chi connectivity index (χ2n) is 4.59. The molecule has 0 saturated heterocycles. The van der Waals surface area contributed by atoms with Gasteiger partial charge < -0.3 is 16.0 Å². The number of nitrogens with zero attached hydrogens (tertiary/aromatic N) is 2. The van der Waals surface area contributed by atoms with Crippen LogP contribution in [0.15, 0.2) is 11.2 Å². The molecule has 0 aliphatic rings. The molecule has 3 N–H and O–H groups in total. The largest absolute Gasteiger partial charge is 0.357 e. The van der Waals surface area contributed by atoms with Gasteiger partial charge in [-0.3, -0.25) is 4.79 Å². The van der Waals surface area contributed by atoms with Gasteiger partial charge in [-0.05, 0) is 20.3 Å². The van der Waals surface area contributed by atoms with E-state index in [-0.39, 0.29) is 36.4 Å². The zero-order chi connectivity index (χ0) is 15.5. The van der Waals surface area contributed by atoms with Crippen molar-refractivity contribution in [1.82, 2.24) is 20.9 Å². The first kappa shape index (κ1) is 21.1. The molecule has 1 amide bonds. The molecule has 0 atom stereocenters. The molecule has 0 fully saturated rings. The topological polar surface area (TPSA) is 78.4 Å². The van der Waals surface area contributed by atoms with Crippen LogP contribution < -0.4 is 16.0 Å². The van der Waals surface area contributed by atoms with Crippen molar-refractivity contribution >= 4 is 47.2 Å². The zero-order valence-corrected chi connectivity index (χ0v) is 16.6. The highest BCUT2D eigenvalue weighted by Gasteiger charge is 2.02. The summed E-state index contributed by atoms with van der Waals surface area (Å²) in [6.07, 6.45) is 3.67. The summed E-state index contributed by atoms with van der Waals surface area (Å²) in [7, 11) is 0. The Kier molecular flexibility index (Phi) is 12.1. The van der Waals surface area contributed by atoms with Crippen LogP contribution in [0.3, 0.4) is 0 Å². The maximum absolute atomic E-state index is 11.5. The van der Waals surface area contributed by atoms with Gasteiger partial charge in [0.1, 0.15) is 6.54 Å². The third-order valence-electron chi connectivity index (χ3n) is 2.60. The number of halogens is 1. The normalized spacial score (nSPS) is 10.8.